The van der Waals surface area contributed by atoms with Crippen molar-refractivity contribution in [3.05, 3.63) is 28.8 Å². The van der Waals surface area contributed by atoms with Crippen LogP contribution in [0.3, 0.4) is 0 Å². The second-order valence-electron chi connectivity index (χ2n) is 4.49. The van der Waals surface area contributed by atoms with Crippen LogP contribution in [0.25, 0.3) is 0 Å². The van der Waals surface area contributed by atoms with Crippen molar-refractivity contribution in [1.82, 2.24) is 0 Å². The topological polar surface area (TPSA) is 29.3 Å². The molecule has 0 aliphatic heterocycles. The van der Waals surface area contributed by atoms with Crippen molar-refractivity contribution in [3.8, 4) is 0 Å². The molecule has 0 spiro atoms. The maximum Gasteiger partial charge on any atom is 0.0642 e. The molecule has 0 unspecified atom stereocenters. The number of anilines is 1. The minimum atomic E-state index is 0.0346. The van der Waals surface area contributed by atoms with Crippen molar-refractivity contribution in [1.29, 1.82) is 0 Å². The van der Waals surface area contributed by atoms with Crippen molar-refractivity contribution in [2.24, 2.45) is 5.73 Å². The summed E-state index contributed by atoms with van der Waals surface area (Å²) in [7, 11) is 0. The van der Waals surface area contributed by atoms with E-state index < -0.39 is 0 Å². The molecular formula is C14H23ClN2. The Morgan fingerprint density at radius 1 is 1.24 bits per heavy atom. The monoisotopic (exact) mass is 254 g/mol. The average Bonchev–Trinajstić information content (AvgIpc) is 2.28. The lowest BCUT2D eigenvalue weighted by Gasteiger charge is -2.25. The molecule has 0 aliphatic rings. The average molecular weight is 255 g/mol. The van der Waals surface area contributed by atoms with Gasteiger partial charge in [0.05, 0.1) is 10.7 Å². The first-order valence-corrected chi connectivity index (χ1v) is 6.77. The third kappa shape index (κ3) is 3.90. The minimum Gasteiger partial charge on any atom is -0.370 e. The fourth-order valence-corrected chi connectivity index (χ4v) is 2.26. The summed E-state index contributed by atoms with van der Waals surface area (Å²) in [6, 6.07) is 6.18. The SMILES string of the molecule is CCCN(CCC)c1ccc([C@H](C)N)cc1Cl. The Bertz CT molecular complexity index is 344. The van der Waals surface area contributed by atoms with Crippen molar-refractivity contribution >= 4 is 17.3 Å². The van der Waals surface area contributed by atoms with E-state index >= 15 is 0 Å². The Kier molecular flexibility index (Phi) is 5.79. The summed E-state index contributed by atoms with van der Waals surface area (Å²) in [4.78, 5) is 2.34. The Balaban J connectivity index is 2.95. The summed E-state index contributed by atoms with van der Waals surface area (Å²) >= 11 is 6.34. The maximum absolute atomic E-state index is 6.34. The molecule has 1 aromatic carbocycles. The van der Waals surface area contributed by atoms with E-state index in [1.807, 2.05) is 13.0 Å². The molecule has 1 rings (SSSR count). The smallest absolute Gasteiger partial charge is 0.0642 e. The summed E-state index contributed by atoms with van der Waals surface area (Å²) in [5, 5.41) is 0.807. The Morgan fingerprint density at radius 3 is 2.24 bits per heavy atom. The lowest BCUT2D eigenvalue weighted by molar-refractivity contribution is 0.744. The zero-order valence-electron chi connectivity index (χ0n) is 11.0. The molecule has 0 aromatic heterocycles. The van der Waals surface area contributed by atoms with Crippen molar-refractivity contribution in [2.45, 2.75) is 39.7 Å². The molecule has 2 nitrogen and oxygen atoms in total. The van der Waals surface area contributed by atoms with Gasteiger partial charge in [0.2, 0.25) is 0 Å². The van der Waals surface area contributed by atoms with Crippen LogP contribution in [0.2, 0.25) is 5.02 Å². The number of rotatable bonds is 6. The Morgan fingerprint density at radius 2 is 1.82 bits per heavy atom. The molecule has 0 amide bonds. The Labute approximate surface area is 110 Å². The normalized spacial score (nSPS) is 12.5. The zero-order chi connectivity index (χ0) is 12.8. The van der Waals surface area contributed by atoms with Crippen LogP contribution < -0.4 is 10.6 Å². The highest BCUT2D eigenvalue weighted by Gasteiger charge is 2.10. The molecule has 0 aliphatic carbocycles. The molecule has 0 saturated heterocycles. The molecule has 0 saturated carbocycles. The van der Waals surface area contributed by atoms with E-state index in [-0.39, 0.29) is 6.04 Å². The molecule has 1 aromatic rings. The van der Waals surface area contributed by atoms with Gasteiger partial charge in [-0.25, -0.2) is 0 Å². The number of hydrogen-bond acceptors (Lipinski definition) is 2. The molecular weight excluding hydrogens is 232 g/mol. The van der Waals surface area contributed by atoms with Gasteiger partial charge in [0.1, 0.15) is 0 Å². The van der Waals surface area contributed by atoms with Crippen LogP contribution in [0.15, 0.2) is 18.2 Å². The number of benzene rings is 1. The van der Waals surface area contributed by atoms with Gasteiger partial charge in [-0.15, -0.1) is 0 Å². The quantitative estimate of drug-likeness (QED) is 0.832. The molecule has 3 heteroatoms. The first-order chi connectivity index (χ1) is 8.10. The van der Waals surface area contributed by atoms with Gasteiger partial charge < -0.3 is 10.6 Å². The van der Waals surface area contributed by atoms with E-state index in [1.165, 1.54) is 0 Å². The fraction of sp³-hybridized carbons (Fsp3) is 0.571. The largest absolute Gasteiger partial charge is 0.370 e. The molecule has 0 fully saturated rings. The highest BCUT2D eigenvalue weighted by molar-refractivity contribution is 6.33. The van der Waals surface area contributed by atoms with Crippen molar-refractivity contribution in [2.75, 3.05) is 18.0 Å². The first kappa shape index (κ1) is 14.3. The molecule has 0 bridgehead atoms. The van der Waals surface area contributed by atoms with E-state index in [0.29, 0.717) is 0 Å². The molecule has 1 atom stereocenters. The lowest BCUT2D eigenvalue weighted by Crippen LogP contribution is -2.25. The van der Waals surface area contributed by atoms with Crippen LogP contribution in [0.4, 0.5) is 5.69 Å². The van der Waals surface area contributed by atoms with E-state index in [4.69, 9.17) is 17.3 Å². The number of nitrogens with zero attached hydrogens (tertiary/aromatic N) is 1. The van der Waals surface area contributed by atoms with Crippen LogP contribution >= 0.6 is 11.6 Å². The maximum atomic E-state index is 6.34. The van der Waals surface area contributed by atoms with Crippen molar-refractivity contribution < 1.29 is 0 Å². The second kappa shape index (κ2) is 6.87. The number of halogens is 1. The molecule has 0 heterocycles. The predicted molar refractivity (Wildman–Crippen MR) is 76.8 cm³/mol. The van der Waals surface area contributed by atoms with Crippen molar-refractivity contribution in [3.63, 3.8) is 0 Å². The van der Waals surface area contributed by atoms with Crippen LogP contribution in [0.5, 0.6) is 0 Å². The number of hydrogen-bond donors (Lipinski definition) is 1. The van der Waals surface area contributed by atoms with Gasteiger partial charge in [-0.1, -0.05) is 31.5 Å². The van der Waals surface area contributed by atoms with Gasteiger partial charge in [-0.05, 0) is 37.5 Å². The third-order valence-electron chi connectivity index (χ3n) is 2.83. The first-order valence-electron chi connectivity index (χ1n) is 6.40. The van der Waals surface area contributed by atoms with Crippen LogP contribution in [-0.4, -0.2) is 13.1 Å². The zero-order valence-corrected chi connectivity index (χ0v) is 11.8. The van der Waals surface area contributed by atoms with Crippen LogP contribution in [-0.2, 0) is 0 Å². The summed E-state index contributed by atoms with van der Waals surface area (Å²) in [6.07, 6.45) is 2.26. The van der Waals surface area contributed by atoms with E-state index in [9.17, 15) is 0 Å². The highest BCUT2D eigenvalue weighted by atomic mass is 35.5. The molecule has 0 radical (unpaired) electrons. The van der Waals surface area contributed by atoms with Gasteiger partial charge in [-0.2, -0.15) is 0 Å². The minimum absolute atomic E-state index is 0.0346. The Hall–Kier alpha value is -0.730. The van der Waals surface area contributed by atoms with Gasteiger partial charge >= 0.3 is 0 Å². The summed E-state index contributed by atoms with van der Waals surface area (Å²) < 4.78 is 0. The summed E-state index contributed by atoms with van der Waals surface area (Å²) in [6.45, 7) is 8.44. The van der Waals surface area contributed by atoms with E-state index in [0.717, 1.165) is 42.2 Å². The van der Waals surface area contributed by atoms with Gasteiger partial charge in [0.25, 0.3) is 0 Å². The summed E-state index contributed by atoms with van der Waals surface area (Å²) in [5.41, 5.74) is 8.07. The highest BCUT2D eigenvalue weighted by Crippen LogP contribution is 2.28. The predicted octanol–water partition coefficient (Wildman–Crippen LogP) is 3.99. The second-order valence-corrected chi connectivity index (χ2v) is 4.89. The third-order valence-corrected chi connectivity index (χ3v) is 3.13. The van der Waals surface area contributed by atoms with Gasteiger partial charge in [-0.3, -0.25) is 0 Å². The summed E-state index contributed by atoms with van der Waals surface area (Å²) in [5.74, 6) is 0. The van der Waals surface area contributed by atoms with Crippen LogP contribution in [0.1, 0.15) is 45.2 Å². The number of nitrogens with two attached hydrogens (primary N) is 1. The lowest BCUT2D eigenvalue weighted by atomic mass is 10.1. The standard InChI is InChI=1S/C14H23ClN2/c1-4-8-17(9-5-2)14-7-6-12(11(3)16)10-13(14)15/h6-7,10-11H,4-5,8-9,16H2,1-3H3/t11-/m0/s1. The molecule has 17 heavy (non-hydrogen) atoms. The van der Waals surface area contributed by atoms with Gasteiger partial charge in [0.15, 0.2) is 0 Å². The molecule has 2 N–H and O–H groups in total. The molecule has 96 valence electrons. The van der Waals surface area contributed by atoms with E-state index in [2.05, 4.69) is 30.9 Å². The van der Waals surface area contributed by atoms with E-state index in [1.54, 1.807) is 0 Å². The van der Waals surface area contributed by atoms with Crippen LogP contribution in [0, 0.1) is 0 Å². The van der Waals surface area contributed by atoms with Gasteiger partial charge in [0, 0.05) is 19.1 Å². The fourth-order valence-electron chi connectivity index (χ4n) is 1.96.